The van der Waals surface area contributed by atoms with Gasteiger partial charge >= 0.3 is 0 Å². The molecule has 4 nitrogen and oxygen atoms in total. The third-order valence-corrected chi connectivity index (χ3v) is 3.51. The van der Waals surface area contributed by atoms with Gasteiger partial charge in [-0.15, -0.1) is 12.4 Å². The molecule has 1 saturated heterocycles. The predicted molar refractivity (Wildman–Crippen MR) is 76.2 cm³/mol. The summed E-state index contributed by atoms with van der Waals surface area (Å²) < 4.78 is 5.16. The van der Waals surface area contributed by atoms with Gasteiger partial charge in [0, 0.05) is 25.6 Å². The van der Waals surface area contributed by atoms with Crippen molar-refractivity contribution in [3.8, 4) is 0 Å². The average Bonchev–Trinajstić information content (AvgIpc) is 2.27. The van der Waals surface area contributed by atoms with E-state index in [1.54, 1.807) is 0 Å². The first kappa shape index (κ1) is 17.7. The third-order valence-electron chi connectivity index (χ3n) is 3.51. The molecule has 0 aromatic heterocycles. The normalized spacial score (nSPS) is 22.1. The summed E-state index contributed by atoms with van der Waals surface area (Å²) in [6, 6.07) is 0.382. The zero-order chi connectivity index (χ0) is 12.7. The molecule has 0 radical (unpaired) electrons. The molecule has 0 aliphatic carbocycles. The van der Waals surface area contributed by atoms with Gasteiger partial charge in [-0.1, -0.05) is 13.8 Å². The molecule has 0 spiro atoms. The van der Waals surface area contributed by atoms with E-state index in [-0.39, 0.29) is 23.7 Å². The zero-order valence-corrected chi connectivity index (χ0v) is 12.6. The number of carbonyl (C=O) groups is 1. The molecule has 5 heteroatoms. The number of ether oxygens (including phenoxy) is 1. The summed E-state index contributed by atoms with van der Waals surface area (Å²) in [6.45, 7) is 9.42. The molecule has 1 heterocycles. The van der Waals surface area contributed by atoms with Gasteiger partial charge in [0.05, 0.1) is 6.61 Å². The second kappa shape index (κ2) is 8.73. The Morgan fingerprint density at radius 2 is 2.22 bits per heavy atom. The van der Waals surface area contributed by atoms with Crippen LogP contribution in [0.15, 0.2) is 0 Å². The fourth-order valence-electron chi connectivity index (χ4n) is 2.23. The summed E-state index contributed by atoms with van der Waals surface area (Å²) in [5.41, 5.74) is 0.269. The molecule has 1 unspecified atom stereocenters. The van der Waals surface area contributed by atoms with Crippen molar-refractivity contribution in [3.63, 3.8) is 0 Å². The van der Waals surface area contributed by atoms with Crippen molar-refractivity contribution in [1.82, 2.24) is 10.6 Å². The molecule has 1 amide bonds. The van der Waals surface area contributed by atoms with E-state index >= 15 is 0 Å². The van der Waals surface area contributed by atoms with Gasteiger partial charge in [-0.05, 0) is 31.7 Å². The maximum Gasteiger partial charge on any atom is 0.222 e. The Morgan fingerprint density at radius 3 is 2.83 bits per heavy atom. The Balaban J connectivity index is 0.00000289. The molecule has 0 saturated carbocycles. The first-order chi connectivity index (χ1) is 8.06. The molecule has 1 aliphatic rings. The van der Waals surface area contributed by atoms with Crippen LogP contribution in [0.5, 0.6) is 0 Å². The molecule has 1 rings (SSSR count). The maximum absolute atomic E-state index is 11.6. The monoisotopic (exact) mass is 278 g/mol. The number of carbonyl (C=O) groups excluding carboxylic acids is 1. The van der Waals surface area contributed by atoms with Crippen LogP contribution in [0.3, 0.4) is 0 Å². The minimum atomic E-state index is 0. The van der Waals surface area contributed by atoms with Gasteiger partial charge in [0.1, 0.15) is 0 Å². The number of piperidine rings is 1. The average molecular weight is 279 g/mol. The number of halogens is 1. The molecular weight excluding hydrogens is 252 g/mol. The smallest absolute Gasteiger partial charge is 0.222 e. The van der Waals surface area contributed by atoms with Crippen molar-refractivity contribution in [2.24, 2.45) is 5.41 Å². The molecule has 1 fully saturated rings. The Morgan fingerprint density at radius 1 is 1.50 bits per heavy atom. The summed E-state index contributed by atoms with van der Waals surface area (Å²) in [7, 11) is 0. The highest BCUT2D eigenvalue weighted by Gasteiger charge is 2.31. The van der Waals surface area contributed by atoms with Gasteiger partial charge in [0.15, 0.2) is 0 Å². The lowest BCUT2D eigenvalue weighted by Gasteiger charge is -2.39. The van der Waals surface area contributed by atoms with Crippen LogP contribution in [0, 0.1) is 5.41 Å². The van der Waals surface area contributed by atoms with Gasteiger partial charge in [-0.25, -0.2) is 0 Å². The lowest BCUT2D eigenvalue weighted by molar-refractivity contribution is -0.122. The summed E-state index contributed by atoms with van der Waals surface area (Å²) in [5.74, 6) is 0.0848. The van der Waals surface area contributed by atoms with Crippen LogP contribution in [0.25, 0.3) is 0 Å². The Bertz CT molecular complexity index is 247. The number of hydrogen-bond donors (Lipinski definition) is 2. The van der Waals surface area contributed by atoms with E-state index in [1.165, 1.54) is 12.8 Å². The van der Waals surface area contributed by atoms with Crippen molar-refractivity contribution < 1.29 is 9.53 Å². The summed E-state index contributed by atoms with van der Waals surface area (Å²) in [5, 5.41) is 6.47. The molecule has 1 atom stereocenters. The SMILES string of the molecule is CCOCCC(=O)NCC1NCCCC1(C)C.Cl. The molecule has 0 aromatic rings. The first-order valence-corrected chi connectivity index (χ1v) is 6.64. The van der Waals surface area contributed by atoms with Crippen molar-refractivity contribution >= 4 is 18.3 Å². The zero-order valence-electron chi connectivity index (χ0n) is 11.8. The second-order valence-corrected chi connectivity index (χ2v) is 5.35. The van der Waals surface area contributed by atoms with Crippen LogP contribution in [0.4, 0.5) is 0 Å². The van der Waals surface area contributed by atoms with Crippen molar-refractivity contribution in [1.29, 1.82) is 0 Å². The van der Waals surface area contributed by atoms with Crippen LogP contribution in [0.2, 0.25) is 0 Å². The number of hydrogen-bond acceptors (Lipinski definition) is 3. The molecular formula is C13H27ClN2O2. The summed E-state index contributed by atoms with van der Waals surface area (Å²) >= 11 is 0. The van der Waals surface area contributed by atoms with E-state index in [0.717, 1.165) is 13.1 Å². The fourth-order valence-corrected chi connectivity index (χ4v) is 2.23. The van der Waals surface area contributed by atoms with Gasteiger partial charge in [-0.3, -0.25) is 4.79 Å². The Kier molecular flexibility index (Phi) is 8.57. The molecule has 2 N–H and O–H groups in total. The minimum absolute atomic E-state index is 0. The molecule has 1 aliphatic heterocycles. The van der Waals surface area contributed by atoms with Crippen molar-refractivity contribution in [3.05, 3.63) is 0 Å². The van der Waals surface area contributed by atoms with E-state index in [4.69, 9.17) is 4.74 Å². The van der Waals surface area contributed by atoms with E-state index in [1.807, 2.05) is 6.92 Å². The molecule has 0 aromatic carbocycles. The highest BCUT2D eigenvalue weighted by Crippen LogP contribution is 2.29. The Labute approximate surface area is 117 Å². The number of rotatable bonds is 6. The Hall–Kier alpha value is -0.320. The largest absolute Gasteiger partial charge is 0.381 e. The van der Waals surface area contributed by atoms with Crippen LogP contribution < -0.4 is 10.6 Å². The highest BCUT2D eigenvalue weighted by atomic mass is 35.5. The molecule has 18 heavy (non-hydrogen) atoms. The fraction of sp³-hybridized carbons (Fsp3) is 0.923. The molecule has 108 valence electrons. The van der Waals surface area contributed by atoms with E-state index in [2.05, 4.69) is 24.5 Å². The van der Waals surface area contributed by atoms with Gasteiger partial charge < -0.3 is 15.4 Å². The van der Waals surface area contributed by atoms with Crippen LogP contribution in [-0.2, 0) is 9.53 Å². The quantitative estimate of drug-likeness (QED) is 0.728. The third kappa shape index (κ3) is 6.03. The molecule has 0 bridgehead atoms. The highest BCUT2D eigenvalue weighted by molar-refractivity contribution is 5.85. The number of nitrogens with one attached hydrogen (secondary N) is 2. The summed E-state index contributed by atoms with van der Waals surface area (Å²) in [4.78, 5) is 11.6. The number of amides is 1. The first-order valence-electron chi connectivity index (χ1n) is 6.64. The topological polar surface area (TPSA) is 50.4 Å². The lowest BCUT2D eigenvalue weighted by atomic mass is 9.77. The summed E-state index contributed by atoms with van der Waals surface area (Å²) in [6.07, 6.45) is 2.91. The van der Waals surface area contributed by atoms with Crippen LogP contribution in [0.1, 0.15) is 40.0 Å². The van der Waals surface area contributed by atoms with Crippen LogP contribution in [-0.4, -0.2) is 38.3 Å². The van der Waals surface area contributed by atoms with Crippen LogP contribution >= 0.6 is 12.4 Å². The van der Waals surface area contributed by atoms with E-state index in [9.17, 15) is 4.79 Å². The van der Waals surface area contributed by atoms with Crippen molar-refractivity contribution in [2.45, 2.75) is 46.1 Å². The second-order valence-electron chi connectivity index (χ2n) is 5.35. The van der Waals surface area contributed by atoms with E-state index in [0.29, 0.717) is 25.7 Å². The van der Waals surface area contributed by atoms with Gasteiger partial charge in [0.25, 0.3) is 0 Å². The predicted octanol–water partition coefficient (Wildman–Crippen LogP) is 1.73. The lowest BCUT2D eigenvalue weighted by Crippen LogP contribution is -2.52. The van der Waals surface area contributed by atoms with E-state index < -0.39 is 0 Å². The van der Waals surface area contributed by atoms with Crippen molar-refractivity contribution in [2.75, 3.05) is 26.3 Å². The van der Waals surface area contributed by atoms with Gasteiger partial charge in [-0.2, -0.15) is 0 Å². The minimum Gasteiger partial charge on any atom is -0.381 e. The standard InChI is InChI=1S/C13H26N2O2.ClH/c1-4-17-9-6-12(16)15-10-11-13(2,3)7-5-8-14-11;/h11,14H,4-10H2,1-3H3,(H,15,16);1H. The maximum atomic E-state index is 11.6. The van der Waals surface area contributed by atoms with Gasteiger partial charge in [0.2, 0.25) is 5.91 Å².